The van der Waals surface area contributed by atoms with E-state index in [4.69, 9.17) is 37.8 Å². The summed E-state index contributed by atoms with van der Waals surface area (Å²) in [6.45, 7) is 4.03. The number of sulfonamides is 1. The van der Waals surface area contributed by atoms with E-state index in [0.29, 0.717) is 47.8 Å². The van der Waals surface area contributed by atoms with Gasteiger partial charge in [0.25, 0.3) is 0 Å². The maximum atomic E-state index is 11.3. The van der Waals surface area contributed by atoms with Crippen molar-refractivity contribution in [3.63, 3.8) is 0 Å². The maximum Gasteiger partial charge on any atom is 0.238 e. The van der Waals surface area contributed by atoms with Crippen LogP contribution in [-0.2, 0) is 29.6 Å². The number of benzene rings is 3. The molecule has 184 valence electrons. The molecule has 0 fully saturated rings. The third-order valence-corrected chi connectivity index (χ3v) is 6.30. The monoisotopic (exact) mass is 544 g/mol. The average molecular weight is 546 g/mol. The predicted molar refractivity (Wildman–Crippen MR) is 139 cm³/mol. The van der Waals surface area contributed by atoms with Crippen molar-refractivity contribution in [1.82, 2.24) is 5.32 Å². The number of halogens is 3. The Hall–Kier alpha value is -2.00. The van der Waals surface area contributed by atoms with Crippen LogP contribution in [0.15, 0.2) is 65.6 Å². The highest BCUT2D eigenvalue weighted by Gasteiger charge is 2.13. The van der Waals surface area contributed by atoms with Gasteiger partial charge in [-0.1, -0.05) is 47.5 Å². The SMILES string of the molecule is CCOc1cc(CNCCc2ccc(S(N)(=O)=O)cc2)cc(Cl)c1OCc1ccc(Cl)cc1.Cl. The third kappa shape index (κ3) is 8.34. The minimum Gasteiger partial charge on any atom is -0.490 e. The quantitative estimate of drug-likeness (QED) is 0.316. The molecule has 3 aromatic carbocycles. The van der Waals surface area contributed by atoms with Gasteiger partial charge >= 0.3 is 0 Å². The molecule has 3 rings (SSSR count). The van der Waals surface area contributed by atoms with Gasteiger partial charge in [0.2, 0.25) is 10.0 Å². The van der Waals surface area contributed by atoms with Gasteiger partial charge in [-0.25, -0.2) is 13.6 Å². The van der Waals surface area contributed by atoms with Gasteiger partial charge in [-0.05, 0) is 73.0 Å². The van der Waals surface area contributed by atoms with Gasteiger partial charge in [0, 0.05) is 11.6 Å². The van der Waals surface area contributed by atoms with E-state index < -0.39 is 10.0 Å². The van der Waals surface area contributed by atoms with Crippen LogP contribution >= 0.6 is 35.6 Å². The van der Waals surface area contributed by atoms with Crippen molar-refractivity contribution in [3.05, 3.63) is 87.4 Å². The van der Waals surface area contributed by atoms with Crippen molar-refractivity contribution in [2.45, 2.75) is 31.4 Å². The second-order valence-corrected chi connectivity index (χ2v) is 9.77. The molecule has 6 nitrogen and oxygen atoms in total. The van der Waals surface area contributed by atoms with Crippen molar-refractivity contribution < 1.29 is 17.9 Å². The average Bonchev–Trinajstić information content (AvgIpc) is 2.77. The molecule has 3 aromatic rings. The zero-order valence-corrected chi connectivity index (χ0v) is 21.7. The molecule has 0 radical (unpaired) electrons. The third-order valence-electron chi connectivity index (χ3n) is 4.84. The molecule has 0 saturated carbocycles. The van der Waals surface area contributed by atoms with Gasteiger partial charge in [-0.3, -0.25) is 0 Å². The van der Waals surface area contributed by atoms with E-state index in [1.807, 2.05) is 43.3 Å². The fraction of sp³-hybridized carbons (Fsp3) is 0.250. The van der Waals surface area contributed by atoms with E-state index >= 15 is 0 Å². The van der Waals surface area contributed by atoms with Gasteiger partial charge in [-0.2, -0.15) is 0 Å². The number of hydrogen-bond acceptors (Lipinski definition) is 5. The Balaban J connectivity index is 0.00000408. The minimum absolute atomic E-state index is 0. The van der Waals surface area contributed by atoms with Gasteiger partial charge < -0.3 is 14.8 Å². The Morgan fingerprint density at radius 1 is 0.912 bits per heavy atom. The molecule has 10 heteroatoms. The lowest BCUT2D eigenvalue weighted by Gasteiger charge is -2.16. The summed E-state index contributed by atoms with van der Waals surface area (Å²) in [4.78, 5) is 0.107. The lowest BCUT2D eigenvalue weighted by Crippen LogP contribution is -2.17. The van der Waals surface area contributed by atoms with Crippen LogP contribution in [-0.4, -0.2) is 21.6 Å². The summed E-state index contributed by atoms with van der Waals surface area (Å²) < 4.78 is 34.4. The summed E-state index contributed by atoms with van der Waals surface area (Å²) in [5.74, 6) is 1.10. The van der Waals surface area contributed by atoms with Crippen LogP contribution in [0.25, 0.3) is 0 Å². The molecule has 3 N–H and O–H groups in total. The fourth-order valence-electron chi connectivity index (χ4n) is 3.17. The van der Waals surface area contributed by atoms with E-state index in [0.717, 1.165) is 23.1 Å². The van der Waals surface area contributed by atoms with Crippen molar-refractivity contribution in [3.8, 4) is 11.5 Å². The van der Waals surface area contributed by atoms with Crippen LogP contribution in [0.4, 0.5) is 0 Å². The first-order chi connectivity index (χ1) is 15.8. The highest BCUT2D eigenvalue weighted by atomic mass is 35.5. The van der Waals surface area contributed by atoms with E-state index in [2.05, 4.69) is 5.32 Å². The normalized spacial score (nSPS) is 11.1. The van der Waals surface area contributed by atoms with Crippen LogP contribution in [0.2, 0.25) is 10.0 Å². The Kier molecular flexibility index (Phi) is 11.0. The molecule has 0 aromatic heterocycles. The van der Waals surface area contributed by atoms with Crippen LogP contribution in [0.1, 0.15) is 23.6 Å². The lowest BCUT2D eigenvalue weighted by molar-refractivity contribution is 0.269. The number of hydrogen-bond donors (Lipinski definition) is 2. The molecule has 0 spiro atoms. The van der Waals surface area contributed by atoms with Gasteiger partial charge in [0.1, 0.15) is 6.61 Å². The van der Waals surface area contributed by atoms with E-state index in [1.165, 1.54) is 12.1 Å². The van der Waals surface area contributed by atoms with E-state index in [-0.39, 0.29) is 17.3 Å². The Morgan fingerprint density at radius 2 is 1.56 bits per heavy atom. The molecule has 0 unspecified atom stereocenters. The molecular formula is C24H27Cl3N2O4S. The Bertz CT molecular complexity index is 1170. The zero-order chi connectivity index (χ0) is 23.8. The molecule has 0 aliphatic carbocycles. The molecule has 0 bridgehead atoms. The van der Waals surface area contributed by atoms with Crippen LogP contribution in [0, 0.1) is 0 Å². The van der Waals surface area contributed by atoms with Gasteiger partial charge in [-0.15, -0.1) is 12.4 Å². The highest BCUT2D eigenvalue weighted by molar-refractivity contribution is 7.89. The fourth-order valence-corrected chi connectivity index (χ4v) is 4.10. The smallest absolute Gasteiger partial charge is 0.238 e. The second-order valence-electron chi connectivity index (χ2n) is 7.37. The summed E-state index contributed by atoms with van der Waals surface area (Å²) in [5.41, 5.74) is 2.95. The predicted octanol–water partition coefficient (Wildman–Crippen LogP) is 5.37. The van der Waals surface area contributed by atoms with E-state index in [9.17, 15) is 8.42 Å². The molecule has 0 amide bonds. The van der Waals surface area contributed by atoms with Crippen LogP contribution < -0.4 is 19.9 Å². The van der Waals surface area contributed by atoms with Crippen molar-refractivity contribution in [1.29, 1.82) is 0 Å². The zero-order valence-electron chi connectivity index (χ0n) is 18.6. The number of nitrogens with one attached hydrogen (secondary N) is 1. The number of ether oxygens (including phenoxy) is 2. The van der Waals surface area contributed by atoms with E-state index in [1.54, 1.807) is 12.1 Å². The molecule has 0 aliphatic heterocycles. The van der Waals surface area contributed by atoms with Crippen molar-refractivity contribution in [2.24, 2.45) is 5.14 Å². The first-order valence-electron chi connectivity index (χ1n) is 10.4. The number of primary sulfonamides is 1. The molecule has 34 heavy (non-hydrogen) atoms. The summed E-state index contributed by atoms with van der Waals surface area (Å²) in [6.07, 6.45) is 0.735. The maximum absolute atomic E-state index is 11.3. The Labute approximate surface area is 216 Å². The number of nitrogens with two attached hydrogens (primary N) is 1. The molecule has 0 aliphatic rings. The number of rotatable bonds is 11. The summed E-state index contributed by atoms with van der Waals surface area (Å²) in [5, 5.41) is 9.64. The van der Waals surface area contributed by atoms with Gasteiger partial charge in [0.15, 0.2) is 11.5 Å². The minimum atomic E-state index is -3.67. The molecule has 0 atom stereocenters. The highest BCUT2D eigenvalue weighted by Crippen LogP contribution is 2.37. The van der Waals surface area contributed by atoms with Crippen LogP contribution in [0.5, 0.6) is 11.5 Å². The largest absolute Gasteiger partial charge is 0.490 e. The molecule has 0 saturated heterocycles. The van der Waals surface area contributed by atoms with Crippen LogP contribution in [0.3, 0.4) is 0 Å². The first kappa shape index (κ1) is 28.2. The lowest BCUT2D eigenvalue weighted by atomic mass is 10.1. The topological polar surface area (TPSA) is 90.6 Å². The standard InChI is InChI=1S/C24H26Cl2N2O4S.ClH/c1-2-31-23-14-19(13-22(26)24(23)32-16-18-3-7-20(25)8-4-18)15-28-12-11-17-5-9-21(10-6-17)33(27,29)30;/h3-10,13-14,28H,2,11-12,15-16H2,1H3,(H2,27,29,30);1H. The van der Waals surface area contributed by atoms with Crippen molar-refractivity contribution >= 4 is 45.6 Å². The molecule has 0 heterocycles. The summed E-state index contributed by atoms with van der Waals surface area (Å²) >= 11 is 12.4. The Morgan fingerprint density at radius 3 is 2.18 bits per heavy atom. The summed E-state index contributed by atoms with van der Waals surface area (Å²) in [6, 6.07) is 17.8. The van der Waals surface area contributed by atoms with Crippen molar-refractivity contribution in [2.75, 3.05) is 13.2 Å². The molecular weight excluding hydrogens is 519 g/mol. The van der Waals surface area contributed by atoms with Gasteiger partial charge in [0.05, 0.1) is 16.5 Å². The summed E-state index contributed by atoms with van der Waals surface area (Å²) in [7, 11) is -3.67. The second kappa shape index (κ2) is 13.2. The first-order valence-corrected chi connectivity index (χ1v) is 12.7.